The van der Waals surface area contributed by atoms with Crippen LogP contribution in [0.5, 0.6) is 0 Å². The van der Waals surface area contributed by atoms with Crippen molar-refractivity contribution >= 4 is 0 Å². The molecule has 3 fully saturated rings. The number of epoxide rings is 1. The van der Waals surface area contributed by atoms with Crippen LogP contribution in [0, 0.1) is 17.8 Å². The maximum absolute atomic E-state index is 7.12. The molecule has 52 heavy (non-hydrogen) atoms. The SMILES string of the molecule is c1ccc(COC[C@H]2C[C@H]3O[C@H]3[C@@H]3[C@@H](OCc4ccccc4)[C@H](OCc4ccccc4)[C@@H](OCc4ccccc4)[C@H](OCc4ccccc4)[C@H]23)cc1. The Kier molecular flexibility index (Phi) is 11.5. The summed E-state index contributed by atoms with van der Waals surface area (Å²) in [7, 11) is 0. The van der Waals surface area contributed by atoms with Gasteiger partial charge in [-0.25, -0.2) is 0 Å². The summed E-state index contributed by atoms with van der Waals surface area (Å²) in [5.74, 6) is 0.270. The number of hydrogen-bond donors (Lipinski definition) is 0. The second-order valence-electron chi connectivity index (χ2n) is 14.3. The molecule has 0 radical (unpaired) electrons. The van der Waals surface area contributed by atoms with Crippen molar-refractivity contribution < 1.29 is 28.4 Å². The van der Waals surface area contributed by atoms with Gasteiger partial charge in [-0.3, -0.25) is 0 Å². The summed E-state index contributed by atoms with van der Waals surface area (Å²) in [4.78, 5) is 0. The van der Waals surface area contributed by atoms with E-state index in [2.05, 4.69) is 121 Å². The van der Waals surface area contributed by atoms with Crippen LogP contribution >= 0.6 is 0 Å². The van der Waals surface area contributed by atoms with Crippen LogP contribution in [0.1, 0.15) is 34.2 Å². The molecule has 6 nitrogen and oxygen atoms in total. The molecule has 1 aliphatic heterocycles. The predicted octanol–water partition coefficient (Wildman–Crippen LogP) is 8.58. The quantitative estimate of drug-likeness (QED) is 0.0964. The first-order valence-corrected chi connectivity index (χ1v) is 18.7. The van der Waals surface area contributed by atoms with Crippen LogP contribution in [-0.2, 0) is 61.5 Å². The number of ether oxygens (including phenoxy) is 6. The molecule has 2 aliphatic carbocycles. The van der Waals surface area contributed by atoms with Crippen molar-refractivity contribution in [3.05, 3.63) is 179 Å². The van der Waals surface area contributed by atoms with E-state index in [9.17, 15) is 0 Å². The minimum Gasteiger partial charge on any atom is -0.376 e. The molecule has 9 atom stereocenters. The lowest BCUT2D eigenvalue weighted by atomic mass is 9.61. The van der Waals surface area contributed by atoms with E-state index in [1.807, 2.05) is 30.3 Å². The molecule has 0 aromatic heterocycles. The van der Waals surface area contributed by atoms with E-state index < -0.39 is 12.2 Å². The molecule has 268 valence electrons. The third-order valence-corrected chi connectivity index (χ3v) is 10.8. The molecule has 0 bridgehead atoms. The average molecular weight is 697 g/mol. The Bertz CT molecular complexity index is 1770. The molecule has 3 aliphatic rings. The largest absolute Gasteiger partial charge is 0.376 e. The van der Waals surface area contributed by atoms with Crippen LogP contribution in [0.15, 0.2) is 152 Å². The van der Waals surface area contributed by atoms with Gasteiger partial charge in [0, 0.05) is 11.8 Å². The van der Waals surface area contributed by atoms with E-state index in [1.54, 1.807) is 0 Å². The Balaban J connectivity index is 1.16. The van der Waals surface area contributed by atoms with E-state index >= 15 is 0 Å². The fourth-order valence-corrected chi connectivity index (χ4v) is 8.32. The van der Waals surface area contributed by atoms with Crippen LogP contribution in [-0.4, -0.2) is 43.2 Å². The van der Waals surface area contributed by atoms with Crippen molar-refractivity contribution in [1.82, 2.24) is 0 Å². The van der Waals surface area contributed by atoms with Gasteiger partial charge in [-0.1, -0.05) is 152 Å². The number of rotatable bonds is 16. The molecular weight excluding hydrogens is 649 g/mol. The highest BCUT2D eigenvalue weighted by Crippen LogP contribution is 2.55. The minimum atomic E-state index is -0.415. The molecule has 0 N–H and O–H groups in total. The third-order valence-electron chi connectivity index (χ3n) is 10.8. The van der Waals surface area contributed by atoms with E-state index in [0.29, 0.717) is 39.6 Å². The van der Waals surface area contributed by atoms with E-state index in [1.165, 1.54) is 5.56 Å². The molecule has 1 heterocycles. The van der Waals surface area contributed by atoms with Crippen molar-refractivity contribution in [2.75, 3.05) is 6.61 Å². The Morgan fingerprint density at radius 2 is 0.750 bits per heavy atom. The van der Waals surface area contributed by atoms with Crippen molar-refractivity contribution in [2.45, 2.75) is 76.1 Å². The summed E-state index contributed by atoms with van der Waals surface area (Å²) in [5, 5.41) is 0. The van der Waals surface area contributed by atoms with Crippen molar-refractivity contribution in [3.63, 3.8) is 0 Å². The van der Waals surface area contributed by atoms with Gasteiger partial charge in [-0.15, -0.1) is 0 Å². The van der Waals surface area contributed by atoms with Crippen LogP contribution in [0.4, 0.5) is 0 Å². The Labute approximate surface area is 307 Å². The van der Waals surface area contributed by atoms with Crippen LogP contribution in [0.2, 0.25) is 0 Å². The smallest absolute Gasteiger partial charge is 0.113 e. The van der Waals surface area contributed by atoms with Gasteiger partial charge in [0.25, 0.3) is 0 Å². The molecule has 5 aromatic rings. The summed E-state index contributed by atoms with van der Waals surface area (Å²) in [6.07, 6.45) is -0.263. The summed E-state index contributed by atoms with van der Waals surface area (Å²) < 4.78 is 41.3. The first-order valence-electron chi connectivity index (χ1n) is 18.7. The highest BCUT2D eigenvalue weighted by molar-refractivity contribution is 5.20. The van der Waals surface area contributed by atoms with E-state index in [-0.39, 0.29) is 42.2 Å². The highest BCUT2D eigenvalue weighted by atomic mass is 16.6. The number of fused-ring (bicyclic) bond motifs is 3. The standard InChI is InChI=1S/C46H48O6/c1-6-16-33(17-7-1)27-47-32-38-26-39-42(52-39)41-40(38)43(48-28-34-18-8-2-9-19-34)45(50-30-36-22-12-4-13-23-36)46(51-31-37-24-14-5-15-25-37)44(41)49-29-35-20-10-3-11-21-35/h1-25,38-46H,26-32H2/t38-,39-,40-,41-,42-,43-,44-,45+,46+/m1/s1. The van der Waals surface area contributed by atoms with Gasteiger partial charge in [0.05, 0.1) is 64.1 Å². The summed E-state index contributed by atoms with van der Waals surface area (Å²) in [6.45, 7) is 2.95. The topological polar surface area (TPSA) is 58.7 Å². The zero-order chi connectivity index (χ0) is 35.0. The Hall–Kier alpha value is -4.14. The average Bonchev–Trinajstić information content (AvgIpc) is 3.99. The molecule has 5 aromatic carbocycles. The van der Waals surface area contributed by atoms with E-state index in [4.69, 9.17) is 28.4 Å². The third kappa shape index (κ3) is 8.56. The predicted molar refractivity (Wildman–Crippen MR) is 200 cm³/mol. The lowest BCUT2D eigenvalue weighted by Crippen LogP contribution is -2.65. The minimum absolute atomic E-state index is 0.0332. The van der Waals surface area contributed by atoms with Crippen LogP contribution in [0.25, 0.3) is 0 Å². The fraction of sp³-hybridized carbons (Fsp3) is 0.348. The maximum atomic E-state index is 7.12. The first kappa shape index (κ1) is 34.9. The van der Waals surface area contributed by atoms with Gasteiger partial charge in [0.2, 0.25) is 0 Å². The second-order valence-corrected chi connectivity index (χ2v) is 14.3. The molecular formula is C46H48O6. The normalized spacial score (nSPS) is 27.7. The first-order chi connectivity index (χ1) is 25.8. The zero-order valence-corrected chi connectivity index (χ0v) is 29.5. The summed E-state index contributed by atoms with van der Waals surface area (Å²) in [5.41, 5.74) is 5.62. The lowest BCUT2D eigenvalue weighted by molar-refractivity contribution is -0.261. The molecule has 1 saturated heterocycles. The van der Waals surface area contributed by atoms with Crippen LogP contribution < -0.4 is 0 Å². The van der Waals surface area contributed by atoms with Gasteiger partial charge in [0.15, 0.2) is 0 Å². The maximum Gasteiger partial charge on any atom is 0.113 e. The molecule has 0 spiro atoms. The fourth-order valence-electron chi connectivity index (χ4n) is 8.32. The second kappa shape index (κ2) is 17.1. The van der Waals surface area contributed by atoms with Gasteiger partial charge in [0.1, 0.15) is 12.2 Å². The molecule has 8 rings (SSSR count). The van der Waals surface area contributed by atoms with Gasteiger partial charge in [-0.05, 0) is 40.2 Å². The van der Waals surface area contributed by atoms with Crippen molar-refractivity contribution in [3.8, 4) is 0 Å². The molecule has 6 heteroatoms. The van der Waals surface area contributed by atoms with Crippen molar-refractivity contribution in [1.29, 1.82) is 0 Å². The monoisotopic (exact) mass is 696 g/mol. The van der Waals surface area contributed by atoms with Crippen LogP contribution in [0.3, 0.4) is 0 Å². The van der Waals surface area contributed by atoms with Gasteiger partial charge < -0.3 is 28.4 Å². The Morgan fingerprint density at radius 3 is 1.15 bits per heavy atom. The summed E-state index contributed by atoms with van der Waals surface area (Å²) in [6, 6.07) is 51.9. The Morgan fingerprint density at radius 1 is 0.404 bits per heavy atom. The van der Waals surface area contributed by atoms with E-state index in [0.717, 1.165) is 28.7 Å². The summed E-state index contributed by atoms with van der Waals surface area (Å²) >= 11 is 0. The zero-order valence-electron chi connectivity index (χ0n) is 29.5. The molecule has 0 amide bonds. The van der Waals surface area contributed by atoms with Crippen molar-refractivity contribution in [2.24, 2.45) is 17.8 Å². The highest BCUT2D eigenvalue weighted by Gasteiger charge is 2.66. The number of hydrogen-bond acceptors (Lipinski definition) is 6. The van der Waals surface area contributed by atoms with Gasteiger partial charge >= 0.3 is 0 Å². The van der Waals surface area contributed by atoms with Gasteiger partial charge in [-0.2, -0.15) is 0 Å². The number of benzene rings is 5. The molecule has 2 saturated carbocycles. The lowest BCUT2D eigenvalue weighted by Gasteiger charge is -2.53. The molecule has 0 unspecified atom stereocenters.